The zero-order chi connectivity index (χ0) is 49.5. The Hall–Kier alpha value is -10.2. The predicted octanol–water partition coefficient (Wildman–Crippen LogP) is 16.2. The van der Waals surface area contributed by atoms with Crippen LogP contribution in [0.3, 0.4) is 0 Å². The van der Waals surface area contributed by atoms with E-state index in [1.54, 1.807) is 0 Å². The van der Waals surface area contributed by atoms with E-state index in [9.17, 15) is 0 Å². The third-order valence-corrected chi connectivity index (χ3v) is 14.7. The Morgan fingerprint density at radius 2 is 0.560 bits per heavy atom. The average molecular weight is 961 g/mol. The van der Waals surface area contributed by atoms with Crippen molar-refractivity contribution in [2.24, 2.45) is 0 Å². The Bertz CT molecular complexity index is 4100. The summed E-state index contributed by atoms with van der Waals surface area (Å²) in [7, 11) is 0. The molecule has 0 saturated heterocycles. The molecule has 0 spiro atoms. The smallest absolute Gasteiger partial charge is 0.164 e. The molecule has 0 fully saturated rings. The molecule has 0 radical (unpaired) electrons. The van der Waals surface area contributed by atoms with Gasteiger partial charge in [-0.2, -0.15) is 0 Å². The molecule has 0 aliphatic heterocycles. The molecule has 4 heterocycles. The number of benzene rings is 10. The third kappa shape index (κ3) is 6.63. The van der Waals surface area contributed by atoms with Crippen molar-refractivity contribution in [2.75, 3.05) is 0 Å². The molecule has 15 rings (SSSR count). The molecular formula is C67H40N6O2. The molecule has 14 aromatic rings. The maximum atomic E-state index is 7.33. The number of furan rings is 2. The van der Waals surface area contributed by atoms with Gasteiger partial charge in [-0.3, -0.25) is 0 Å². The molecule has 0 amide bonds. The minimum atomic E-state index is -0.980. The Labute approximate surface area is 430 Å². The summed E-state index contributed by atoms with van der Waals surface area (Å²) in [6.45, 7) is 0. The summed E-state index contributed by atoms with van der Waals surface area (Å²) in [6, 6.07) is 83.1. The van der Waals surface area contributed by atoms with Crippen molar-refractivity contribution in [3.63, 3.8) is 0 Å². The quantitative estimate of drug-likeness (QED) is 0.148. The van der Waals surface area contributed by atoms with Crippen LogP contribution >= 0.6 is 0 Å². The van der Waals surface area contributed by atoms with Crippen LogP contribution in [0.5, 0.6) is 0 Å². The van der Waals surface area contributed by atoms with E-state index in [2.05, 4.69) is 97.1 Å². The molecule has 0 bridgehead atoms. The van der Waals surface area contributed by atoms with Crippen LogP contribution in [-0.4, -0.2) is 29.9 Å². The van der Waals surface area contributed by atoms with Crippen molar-refractivity contribution in [2.45, 2.75) is 5.41 Å². The van der Waals surface area contributed by atoms with E-state index < -0.39 is 5.41 Å². The summed E-state index contributed by atoms with van der Waals surface area (Å²) in [5, 5.41) is 3.66. The van der Waals surface area contributed by atoms with E-state index in [0.29, 0.717) is 46.1 Å². The number of fused-ring (bicyclic) bond motifs is 11. The van der Waals surface area contributed by atoms with Crippen LogP contribution in [0.1, 0.15) is 22.3 Å². The average Bonchev–Trinajstić information content (AvgIpc) is 4.17. The number of aromatic nitrogens is 6. The van der Waals surface area contributed by atoms with Gasteiger partial charge >= 0.3 is 0 Å². The van der Waals surface area contributed by atoms with E-state index in [0.717, 1.165) is 99.5 Å². The van der Waals surface area contributed by atoms with Crippen molar-refractivity contribution in [3.8, 4) is 79.5 Å². The van der Waals surface area contributed by atoms with E-state index in [-0.39, 0.29) is 0 Å². The van der Waals surface area contributed by atoms with Crippen LogP contribution in [0.2, 0.25) is 0 Å². The van der Waals surface area contributed by atoms with Crippen LogP contribution < -0.4 is 0 Å². The number of nitrogens with zero attached hydrogens (tertiary/aromatic N) is 6. The number of rotatable bonds is 8. The molecule has 0 saturated carbocycles. The molecular weight excluding hydrogens is 921 g/mol. The monoisotopic (exact) mass is 960 g/mol. The van der Waals surface area contributed by atoms with Crippen LogP contribution in [-0.2, 0) is 5.41 Å². The largest absolute Gasteiger partial charge is 0.455 e. The van der Waals surface area contributed by atoms with Gasteiger partial charge in [-0.05, 0) is 46.5 Å². The van der Waals surface area contributed by atoms with Gasteiger partial charge in [-0.15, -0.1) is 0 Å². The van der Waals surface area contributed by atoms with Crippen molar-refractivity contribution in [1.82, 2.24) is 29.9 Å². The first kappa shape index (κ1) is 42.5. The van der Waals surface area contributed by atoms with Gasteiger partial charge in [0.1, 0.15) is 22.3 Å². The molecule has 10 aromatic carbocycles. The lowest BCUT2D eigenvalue weighted by Crippen LogP contribution is -2.28. The second kappa shape index (κ2) is 17.0. The van der Waals surface area contributed by atoms with Gasteiger partial charge < -0.3 is 8.83 Å². The fourth-order valence-electron chi connectivity index (χ4n) is 11.4. The van der Waals surface area contributed by atoms with Gasteiger partial charge in [-0.25, -0.2) is 29.9 Å². The van der Waals surface area contributed by atoms with Crippen LogP contribution in [0.25, 0.3) is 123 Å². The van der Waals surface area contributed by atoms with E-state index >= 15 is 0 Å². The van der Waals surface area contributed by atoms with Gasteiger partial charge in [0.05, 0.1) is 5.41 Å². The molecule has 8 nitrogen and oxygen atoms in total. The highest BCUT2D eigenvalue weighted by Gasteiger charge is 2.50. The summed E-state index contributed by atoms with van der Waals surface area (Å²) >= 11 is 0. The molecule has 0 atom stereocenters. The van der Waals surface area contributed by atoms with Gasteiger partial charge in [0.2, 0.25) is 0 Å². The lowest BCUT2D eigenvalue weighted by Gasteiger charge is -2.34. The normalized spacial score (nSPS) is 12.6. The summed E-state index contributed by atoms with van der Waals surface area (Å²) in [4.78, 5) is 31.8. The Kier molecular flexibility index (Phi) is 9.62. The third-order valence-electron chi connectivity index (χ3n) is 14.7. The zero-order valence-electron chi connectivity index (χ0n) is 40.1. The maximum Gasteiger partial charge on any atom is 0.164 e. The lowest BCUT2D eigenvalue weighted by atomic mass is 9.67. The highest BCUT2D eigenvalue weighted by atomic mass is 16.3. The summed E-state index contributed by atoms with van der Waals surface area (Å²) in [6.07, 6.45) is 0. The van der Waals surface area contributed by atoms with Crippen molar-refractivity contribution < 1.29 is 8.83 Å². The summed E-state index contributed by atoms with van der Waals surface area (Å²) in [5.41, 5.74) is 13.0. The highest BCUT2D eigenvalue weighted by molar-refractivity contribution is 6.24. The fourth-order valence-corrected chi connectivity index (χ4v) is 11.4. The molecule has 8 heteroatoms. The second-order valence-electron chi connectivity index (χ2n) is 18.9. The first-order valence-corrected chi connectivity index (χ1v) is 25.0. The lowest BCUT2D eigenvalue weighted by molar-refractivity contribution is 0.665. The first-order valence-electron chi connectivity index (χ1n) is 25.0. The number of hydrogen-bond acceptors (Lipinski definition) is 8. The fraction of sp³-hybridized carbons (Fsp3) is 0.0149. The molecule has 4 aromatic heterocycles. The predicted molar refractivity (Wildman–Crippen MR) is 298 cm³/mol. The molecule has 350 valence electrons. The molecule has 0 N–H and O–H groups in total. The highest BCUT2D eigenvalue weighted by Crippen LogP contribution is 2.63. The topological polar surface area (TPSA) is 104 Å². The molecule has 1 aliphatic rings. The van der Waals surface area contributed by atoms with Crippen molar-refractivity contribution in [3.05, 3.63) is 265 Å². The number of para-hydroxylation sites is 2. The summed E-state index contributed by atoms with van der Waals surface area (Å²) in [5.74, 6) is 3.31. The van der Waals surface area contributed by atoms with Crippen LogP contribution in [0.15, 0.2) is 251 Å². The van der Waals surface area contributed by atoms with Gasteiger partial charge in [0.25, 0.3) is 0 Å². The van der Waals surface area contributed by atoms with Crippen LogP contribution in [0.4, 0.5) is 0 Å². The Morgan fingerprint density at radius 1 is 0.280 bits per heavy atom. The second-order valence-corrected chi connectivity index (χ2v) is 18.9. The zero-order valence-corrected chi connectivity index (χ0v) is 40.1. The Morgan fingerprint density at radius 3 is 0.893 bits per heavy atom. The Balaban J connectivity index is 1.13. The van der Waals surface area contributed by atoms with Gasteiger partial charge in [0, 0.05) is 66.1 Å². The van der Waals surface area contributed by atoms with E-state index in [4.69, 9.17) is 38.7 Å². The molecule has 75 heavy (non-hydrogen) atoms. The molecule has 0 unspecified atom stereocenters. The summed E-state index contributed by atoms with van der Waals surface area (Å²) < 4.78 is 14.7. The van der Waals surface area contributed by atoms with Gasteiger partial charge in [-0.1, -0.05) is 218 Å². The SMILES string of the molecule is c1ccc(-c2nc(-c3ccccc3)nc(-c3cc4c(c5oc6ccccc6c35)-c3c(cc(-c5nc(-c6ccccc6)nc(-c6ccccc6)n5)c5c3oc3ccccc35)C4(c3ccccc3)c3ccccc3)n2)cc1. The number of hydrogen-bond donors (Lipinski definition) is 0. The van der Waals surface area contributed by atoms with Gasteiger partial charge in [0.15, 0.2) is 34.9 Å². The maximum absolute atomic E-state index is 7.33. The van der Waals surface area contributed by atoms with Crippen molar-refractivity contribution in [1.29, 1.82) is 0 Å². The van der Waals surface area contributed by atoms with E-state index in [1.807, 2.05) is 146 Å². The van der Waals surface area contributed by atoms with E-state index in [1.165, 1.54) is 0 Å². The van der Waals surface area contributed by atoms with Crippen LogP contribution in [0, 0.1) is 0 Å². The standard InChI is InChI=1S/C67H40N6O2/c1-7-23-41(24-8-1)61-68-62(42-25-9-2-10-26-42)71-65(70-61)49-39-51-57(59-55(49)47-35-19-21-37-53(47)74-59)58-52(67(51,45-31-15-5-16-32-45)46-33-17-6-18-34-46)40-50(56-48-36-20-22-38-54(48)75-60(56)58)66-72-63(43-27-11-3-12-28-43)69-64(73-66)44-29-13-4-14-30-44/h1-40H. The minimum Gasteiger partial charge on any atom is -0.455 e. The van der Waals surface area contributed by atoms with Crippen molar-refractivity contribution >= 4 is 43.9 Å². The minimum absolute atomic E-state index is 0.523. The molecule has 1 aliphatic carbocycles. The first-order chi connectivity index (χ1) is 37.2.